The van der Waals surface area contributed by atoms with Gasteiger partial charge < -0.3 is 15.2 Å². The molecule has 0 aromatic heterocycles. The number of para-hydroxylation sites is 1. The van der Waals surface area contributed by atoms with E-state index >= 15 is 0 Å². The second kappa shape index (κ2) is 4.17. The number of carbonyl (C=O) groups is 2. The minimum absolute atomic E-state index is 0.277. The van der Waals surface area contributed by atoms with E-state index in [1.807, 2.05) is 18.2 Å². The van der Waals surface area contributed by atoms with Gasteiger partial charge in [0.05, 0.1) is 10.9 Å². The van der Waals surface area contributed by atoms with Gasteiger partial charge in [-0.25, -0.2) is 0 Å². The van der Waals surface area contributed by atoms with Crippen molar-refractivity contribution in [2.45, 2.75) is 17.1 Å². The largest absolute Gasteiger partial charge is 0.550 e. The van der Waals surface area contributed by atoms with Crippen LogP contribution in [-0.2, 0) is 9.59 Å². The van der Waals surface area contributed by atoms with Crippen LogP contribution < -0.4 is 10.4 Å². The highest BCUT2D eigenvalue weighted by molar-refractivity contribution is 8.01. The smallest absolute Gasteiger partial charge is 0.238 e. The van der Waals surface area contributed by atoms with Gasteiger partial charge in [0.1, 0.15) is 0 Å². The van der Waals surface area contributed by atoms with E-state index in [1.54, 1.807) is 6.07 Å². The normalized spacial score (nSPS) is 20.8. The SMILES string of the molecule is CC(C(=O)[O-])C1Sc2ccccc2NC1=O. The summed E-state index contributed by atoms with van der Waals surface area (Å²) >= 11 is 1.27. The van der Waals surface area contributed by atoms with E-state index in [0.717, 1.165) is 10.6 Å². The third kappa shape index (κ3) is 1.90. The van der Waals surface area contributed by atoms with Crippen LogP contribution in [-0.4, -0.2) is 17.1 Å². The van der Waals surface area contributed by atoms with Crippen LogP contribution in [0.15, 0.2) is 29.2 Å². The van der Waals surface area contributed by atoms with Crippen LogP contribution in [0.25, 0.3) is 0 Å². The van der Waals surface area contributed by atoms with Crippen LogP contribution in [0.2, 0.25) is 0 Å². The van der Waals surface area contributed by atoms with E-state index in [4.69, 9.17) is 0 Å². The second-order valence-electron chi connectivity index (χ2n) is 3.63. The first-order valence-electron chi connectivity index (χ1n) is 4.87. The summed E-state index contributed by atoms with van der Waals surface area (Å²) in [6, 6.07) is 7.32. The van der Waals surface area contributed by atoms with Crippen LogP contribution in [0.3, 0.4) is 0 Å². The molecule has 1 aliphatic rings. The lowest BCUT2D eigenvalue weighted by Crippen LogP contribution is -2.42. The number of hydrogen-bond acceptors (Lipinski definition) is 4. The van der Waals surface area contributed by atoms with Gasteiger partial charge in [-0.3, -0.25) is 4.79 Å². The number of aliphatic carboxylic acids is 1. The number of benzene rings is 1. The zero-order chi connectivity index (χ0) is 11.7. The maximum atomic E-state index is 11.7. The molecule has 0 spiro atoms. The number of amides is 1. The molecule has 0 saturated heterocycles. The van der Waals surface area contributed by atoms with Crippen molar-refractivity contribution in [3.05, 3.63) is 24.3 Å². The Bertz CT molecular complexity index is 447. The summed E-state index contributed by atoms with van der Waals surface area (Å²) in [5.74, 6) is -2.29. The fourth-order valence-electron chi connectivity index (χ4n) is 1.52. The molecule has 1 N–H and O–H groups in total. The van der Waals surface area contributed by atoms with Gasteiger partial charge in [0.15, 0.2) is 0 Å². The van der Waals surface area contributed by atoms with E-state index in [2.05, 4.69) is 5.32 Å². The predicted octanol–water partition coefficient (Wildman–Crippen LogP) is 0.485. The molecule has 16 heavy (non-hydrogen) atoms. The van der Waals surface area contributed by atoms with Crippen molar-refractivity contribution in [3.8, 4) is 0 Å². The molecule has 2 atom stereocenters. The number of thioether (sulfide) groups is 1. The maximum absolute atomic E-state index is 11.7. The number of carbonyl (C=O) groups excluding carboxylic acids is 2. The van der Waals surface area contributed by atoms with Gasteiger partial charge >= 0.3 is 0 Å². The minimum Gasteiger partial charge on any atom is -0.550 e. The van der Waals surface area contributed by atoms with Crippen LogP contribution >= 0.6 is 11.8 Å². The topological polar surface area (TPSA) is 69.2 Å². The number of rotatable bonds is 2. The first kappa shape index (κ1) is 11.0. The lowest BCUT2D eigenvalue weighted by molar-refractivity contribution is -0.310. The average Bonchev–Trinajstić information content (AvgIpc) is 2.27. The Kier molecular flexibility index (Phi) is 2.87. The van der Waals surface area contributed by atoms with Gasteiger partial charge in [-0.2, -0.15) is 0 Å². The van der Waals surface area contributed by atoms with Gasteiger partial charge in [-0.15, -0.1) is 11.8 Å². The summed E-state index contributed by atoms with van der Waals surface area (Å²) in [5.41, 5.74) is 0.735. The maximum Gasteiger partial charge on any atom is 0.238 e. The standard InChI is InChI=1S/C11H11NO3S/c1-6(11(14)15)9-10(13)12-7-4-2-3-5-8(7)16-9/h2-6,9H,1H3,(H,12,13)(H,14,15)/p-1. The zero-order valence-corrected chi connectivity index (χ0v) is 9.41. The van der Waals surface area contributed by atoms with Gasteiger partial charge in [0.25, 0.3) is 0 Å². The summed E-state index contributed by atoms with van der Waals surface area (Å²) in [5, 5.41) is 12.8. The Morgan fingerprint density at radius 1 is 1.50 bits per heavy atom. The summed E-state index contributed by atoms with van der Waals surface area (Å²) in [6.45, 7) is 1.49. The number of carboxylic acids is 1. The van der Waals surface area contributed by atoms with Crippen LogP contribution in [0.1, 0.15) is 6.92 Å². The molecule has 0 saturated carbocycles. The van der Waals surface area contributed by atoms with Crippen molar-refractivity contribution in [1.29, 1.82) is 0 Å². The quantitative estimate of drug-likeness (QED) is 0.811. The lowest BCUT2D eigenvalue weighted by Gasteiger charge is -2.28. The Hall–Kier alpha value is -1.49. The Balaban J connectivity index is 2.28. The molecule has 4 nitrogen and oxygen atoms in total. The molecule has 0 aliphatic carbocycles. The summed E-state index contributed by atoms with van der Waals surface area (Å²) in [4.78, 5) is 23.3. The predicted molar refractivity (Wildman–Crippen MR) is 58.9 cm³/mol. The molecular weight excluding hydrogens is 226 g/mol. The molecule has 0 radical (unpaired) electrons. The highest BCUT2D eigenvalue weighted by Gasteiger charge is 2.31. The van der Waals surface area contributed by atoms with Crippen molar-refractivity contribution in [2.24, 2.45) is 5.92 Å². The number of hydrogen-bond donors (Lipinski definition) is 1. The Morgan fingerprint density at radius 3 is 2.88 bits per heavy atom. The molecule has 1 aromatic rings. The number of fused-ring (bicyclic) bond motifs is 1. The molecule has 0 bridgehead atoms. The van der Waals surface area contributed by atoms with Crippen molar-refractivity contribution >= 4 is 29.3 Å². The molecule has 2 rings (SSSR count). The van der Waals surface area contributed by atoms with Crippen molar-refractivity contribution in [2.75, 3.05) is 5.32 Å². The number of anilines is 1. The molecule has 1 aromatic carbocycles. The first-order valence-corrected chi connectivity index (χ1v) is 5.75. The van der Waals surface area contributed by atoms with E-state index in [9.17, 15) is 14.7 Å². The van der Waals surface area contributed by atoms with Crippen LogP contribution in [0.4, 0.5) is 5.69 Å². The van der Waals surface area contributed by atoms with Crippen LogP contribution in [0, 0.1) is 5.92 Å². The zero-order valence-electron chi connectivity index (χ0n) is 8.60. The molecule has 5 heteroatoms. The van der Waals surface area contributed by atoms with Crippen molar-refractivity contribution in [1.82, 2.24) is 0 Å². The van der Waals surface area contributed by atoms with Gasteiger partial charge in [0.2, 0.25) is 5.91 Å². The molecule has 84 valence electrons. The van der Waals surface area contributed by atoms with Gasteiger partial charge in [0, 0.05) is 16.8 Å². The Labute approximate surface area is 97.0 Å². The van der Waals surface area contributed by atoms with E-state index in [0.29, 0.717) is 0 Å². The molecule has 1 heterocycles. The molecule has 0 fully saturated rings. The lowest BCUT2D eigenvalue weighted by atomic mass is 10.1. The van der Waals surface area contributed by atoms with Crippen LogP contribution in [0.5, 0.6) is 0 Å². The van der Waals surface area contributed by atoms with Crippen molar-refractivity contribution < 1.29 is 14.7 Å². The van der Waals surface area contributed by atoms with E-state index < -0.39 is 17.1 Å². The second-order valence-corrected chi connectivity index (χ2v) is 4.81. The van der Waals surface area contributed by atoms with Crippen molar-refractivity contribution in [3.63, 3.8) is 0 Å². The molecule has 1 aliphatic heterocycles. The highest BCUT2D eigenvalue weighted by Crippen LogP contribution is 2.37. The third-order valence-corrected chi connectivity index (χ3v) is 3.97. The monoisotopic (exact) mass is 236 g/mol. The van der Waals surface area contributed by atoms with E-state index in [1.165, 1.54) is 18.7 Å². The number of carboxylic acid groups (broad SMARTS) is 1. The average molecular weight is 236 g/mol. The minimum atomic E-state index is -1.20. The fourth-order valence-corrected chi connectivity index (χ4v) is 2.68. The Morgan fingerprint density at radius 2 is 2.19 bits per heavy atom. The summed E-state index contributed by atoms with van der Waals surface area (Å²) < 4.78 is 0. The van der Waals surface area contributed by atoms with Gasteiger partial charge in [-0.1, -0.05) is 19.1 Å². The van der Waals surface area contributed by atoms with E-state index in [-0.39, 0.29) is 5.91 Å². The number of nitrogens with one attached hydrogen (secondary N) is 1. The molecule has 1 amide bonds. The first-order chi connectivity index (χ1) is 7.59. The highest BCUT2D eigenvalue weighted by atomic mass is 32.2. The summed E-state index contributed by atoms with van der Waals surface area (Å²) in [6.07, 6.45) is 0. The molecular formula is C11H10NO3S-. The third-order valence-electron chi connectivity index (χ3n) is 2.48. The molecule has 2 unspecified atom stereocenters. The van der Waals surface area contributed by atoms with Gasteiger partial charge in [-0.05, 0) is 12.1 Å². The fraction of sp³-hybridized carbons (Fsp3) is 0.273. The summed E-state index contributed by atoms with van der Waals surface area (Å²) in [7, 11) is 0.